The van der Waals surface area contributed by atoms with E-state index in [1.165, 1.54) is 0 Å². The van der Waals surface area contributed by atoms with Crippen LogP contribution in [0, 0.1) is 6.92 Å². The normalized spacial score (nSPS) is 10.7. The van der Waals surface area contributed by atoms with Crippen molar-refractivity contribution in [3.05, 3.63) is 29.8 Å². The van der Waals surface area contributed by atoms with Gasteiger partial charge < -0.3 is 14.5 Å². The summed E-state index contributed by atoms with van der Waals surface area (Å²) in [6, 6.07) is 7.42. The maximum atomic E-state index is 8.97. The number of hydrogen-bond acceptors (Lipinski definition) is 3. The van der Waals surface area contributed by atoms with Crippen LogP contribution < -0.4 is 5.66 Å². The summed E-state index contributed by atoms with van der Waals surface area (Å²) >= 11 is 0. The Kier molecular flexibility index (Phi) is 1.86. The third kappa shape index (κ3) is 1.24. The zero-order chi connectivity index (χ0) is 9.42. The van der Waals surface area contributed by atoms with Crippen molar-refractivity contribution in [1.82, 2.24) is 0 Å². The van der Waals surface area contributed by atoms with E-state index in [-0.39, 0.29) is 5.66 Å². The van der Waals surface area contributed by atoms with Gasteiger partial charge in [0.25, 0.3) is 0 Å². The molecule has 0 saturated heterocycles. The van der Waals surface area contributed by atoms with Crippen LogP contribution in [0.1, 0.15) is 5.56 Å². The lowest BCUT2D eigenvalue weighted by Gasteiger charge is -1.92. The predicted octanol–water partition coefficient (Wildman–Crippen LogP) is 0.421. The minimum atomic E-state index is -1.53. The Morgan fingerprint density at radius 3 is 2.54 bits per heavy atom. The van der Waals surface area contributed by atoms with Crippen LogP contribution in [0.25, 0.3) is 11.0 Å². The van der Waals surface area contributed by atoms with Gasteiger partial charge in [-0.25, -0.2) is 0 Å². The molecule has 1 aromatic heterocycles. The first-order valence-corrected chi connectivity index (χ1v) is 4.04. The van der Waals surface area contributed by atoms with Crippen LogP contribution in [0.5, 0.6) is 0 Å². The highest BCUT2D eigenvalue weighted by Gasteiger charge is 2.20. The van der Waals surface area contributed by atoms with Crippen molar-refractivity contribution in [2.75, 3.05) is 0 Å². The van der Waals surface area contributed by atoms with Gasteiger partial charge in [-0.05, 0) is 18.6 Å². The standard InChI is InChI=1S/C9H9BO3/c1-6-7-4-2-3-5-8(7)13-9(6)10(11)12/h2-5,11-12H,1H3. The van der Waals surface area contributed by atoms with Crippen LogP contribution >= 0.6 is 0 Å². The second-order valence-electron chi connectivity index (χ2n) is 2.96. The molecule has 0 fully saturated rings. The van der Waals surface area contributed by atoms with E-state index in [0.717, 1.165) is 10.9 Å². The molecule has 3 nitrogen and oxygen atoms in total. The maximum Gasteiger partial charge on any atom is 0.526 e. The molecule has 1 heterocycles. The maximum absolute atomic E-state index is 8.97. The Morgan fingerprint density at radius 1 is 1.23 bits per heavy atom. The smallest absolute Gasteiger partial charge is 0.464 e. The molecule has 0 amide bonds. The van der Waals surface area contributed by atoms with Crippen molar-refractivity contribution in [3.8, 4) is 0 Å². The Morgan fingerprint density at radius 2 is 1.92 bits per heavy atom. The van der Waals surface area contributed by atoms with E-state index in [1.807, 2.05) is 18.2 Å². The molecule has 0 aliphatic rings. The fraction of sp³-hybridized carbons (Fsp3) is 0.111. The Bertz CT molecular complexity index is 433. The van der Waals surface area contributed by atoms with Gasteiger partial charge in [0.05, 0.1) is 0 Å². The van der Waals surface area contributed by atoms with Gasteiger partial charge in [-0.15, -0.1) is 0 Å². The Balaban J connectivity index is 2.74. The number of para-hydroxylation sites is 1. The zero-order valence-electron chi connectivity index (χ0n) is 7.19. The predicted molar refractivity (Wildman–Crippen MR) is 50.8 cm³/mol. The molecule has 13 heavy (non-hydrogen) atoms. The molecule has 2 aromatic rings. The van der Waals surface area contributed by atoms with Gasteiger partial charge >= 0.3 is 7.12 Å². The Labute approximate surface area is 75.8 Å². The summed E-state index contributed by atoms with van der Waals surface area (Å²) in [5, 5.41) is 18.9. The molecule has 0 bridgehead atoms. The lowest BCUT2D eigenvalue weighted by Crippen LogP contribution is -2.30. The van der Waals surface area contributed by atoms with Crippen molar-refractivity contribution < 1.29 is 14.5 Å². The van der Waals surface area contributed by atoms with E-state index >= 15 is 0 Å². The Hall–Kier alpha value is -1.26. The fourth-order valence-corrected chi connectivity index (χ4v) is 1.44. The molecule has 4 heteroatoms. The monoisotopic (exact) mass is 176 g/mol. The second-order valence-corrected chi connectivity index (χ2v) is 2.96. The SMILES string of the molecule is Cc1c(B(O)O)oc2ccccc12. The first-order chi connectivity index (χ1) is 6.20. The molecule has 0 aliphatic carbocycles. The molecule has 2 rings (SSSR count). The molecule has 0 radical (unpaired) electrons. The topological polar surface area (TPSA) is 53.6 Å². The molecule has 0 aliphatic heterocycles. The van der Waals surface area contributed by atoms with Gasteiger partial charge in [-0.1, -0.05) is 18.2 Å². The van der Waals surface area contributed by atoms with Gasteiger partial charge in [-0.3, -0.25) is 0 Å². The number of aryl methyl sites for hydroxylation is 1. The highest BCUT2D eigenvalue weighted by atomic mass is 16.4. The lowest BCUT2D eigenvalue weighted by molar-refractivity contribution is 0.412. The summed E-state index contributed by atoms with van der Waals surface area (Å²) in [6.45, 7) is 1.81. The minimum absolute atomic E-state index is 0.223. The third-order valence-electron chi connectivity index (χ3n) is 2.12. The number of rotatable bonds is 1. The first-order valence-electron chi connectivity index (χ1n) is 4.04. The van der Waals surface area contributed by atoms with E-state index in [0.29, 0.717) is 5.58 Å². The second kappa shape index (κ2) is 2.90. The highest BCUT2D eigenvalue weighted by Crippen LogP contribution is 2.17. The van der Waals surface area contributed by atoms with Crippen LogP contribution in [0.3, 0.4) is 0 Å². The number of furan rings is 1. The van der Waals surface area contributed by atoms with E-state index < -0.39 is 7.12 Å². The molecule has 1 aromatic carbocycles. The van der Waals surface area contributed by atoms with E-state index in [9.17, 15) is 0 Å². The van der Waals surface area contributed by atoms with Gasteiger partial charge in [0, 0.05) is 5.39 Å². The van der Waals surface area contributed by atoms with Crippen LogP contribution in [-0.4, -0.2) is 17.2 Å². The van der Waals surface area contributed by atoms with Gasteiger partial charge in [0.1, 0.15) is 11.2 Å². The zero-order valence-corrected chi connectivity index (χ0v) is 7.19. The van der Waals surface area contributed by atoms with Crippen LogP contribution in [0.2, 0.25) is 0 Å². The van der Waals surface area contributed by atoms with Crippen molar-refractivity contribution >= 4 is 23.7 Å². The van der Waals surface area contributed by atoms with Crippen molar-refractivity contribution in [2.45, 2.75) is 6.92 Å². The lowest BCUT2D eigenvalue weighted by atomic mass is 9.84. The third-order valence-corrected chi connectivity index (χ3v) is 2.12. The highest BCUT2D eigenvalue weighted by molar-refractivity contribution is 6.58. The summed E-state index contributed by atoms with van der Waals surface area (Å²) in [7, 11) is -1.53. The number of hydrogen-bond donors (Lipinski definition) is 2. The summed E-state index contributed by atoms with van der Waals surface area (Å²) in [6.07, 6.45) is 0. The molecular formula is C9H9BO3. The van der Waals surface area contributed by atoms with E-state index in [1.54, 1.807) is 13.0 Å². The average Bonchev–Trinajstić information content (AvgIpc) is 2.45. The molecule has 0 saturated carbocycles. The summed E-state index contributed by atoms with van der Waals surface area (Å²) < 4.78 is 5.26. The number of fused-ring (bicyclic) bond motifs is 1. The van der Waals surface area contributed by atoms with Gasteiger partial charge in [0.2, 0.25) is 0 Å². The number of benzene rings is 1. The molecule has 0 unspecified atom stereocenters. The van der Waals surface area contributed by atoms with Crippen molar-refractivity contribution in [2.24, 2.45) is 0 Å². The van der Waals surface area contributed by atoms with Crippen molar-refractivity contribution in [1.29, 1.82) is 0 Å². The van der Waals surface area contributed by atoms with Crippen LogP contribution in [0.15, 0.2) is 28.7 Å². The van der Waals surface area contributed by atoms with Crippen molar-refractivity contribution in [3.63, 3.8) is 0 Å². The van der Waals surface area contributed by atoms with Gasteiger partial charge in [0.15, 0.2) is 0 Å². The van der Waals surface area contributed by atoms with Crippen LogP contribution in [-0.2, 0) is 0 Å². The van der Waals surface area contributed by atoms with Gasteiger partial charge in [-0.2, -0.15) is 0 Å². The summed E-state index contributed by atoms with van der Waals surface area (Å²) in [4.78, 5) is 0. The molecular weight excluding hydrogens is 167 g/mol. The average molecular weight is 176 g/mol. The molecule has 66 valence electrons. The first kappa shape index (κ1) is 8.35. The van der Waals surface area contributed by atoms with E-state index in [2.05, 4.69) is 0 Å². The summed E-state index contributed by atoms with van der Waals surface area (Å²) in [5.74, 6) is 0. The van der Waals surface area contributed by atoms with Crippen LogP contribution in [0.4, 0.5) is 0 Å². The summed E-state index contributed by atoms with van der Waals surface area (Å²) in [5.41, 5.74) is 1.69. The largest absolute Gasteiger partial charge is 0.526 e. The molecule has 2 N–H and O–H groups in total. The fourth-order valence-electron chi connectivity index (χ4n) is 1.44. The minimum Gasteiger partial charge on any atom is -0.464 e. The van der Waals surface area contributed by atoms with E-state index in [4.69, 9.17) is 14.5 Å². The quantitative estimate of drug-likeness (QED) is 0.619. The molecule has 0 atom stereocenters. The molecule has 0 spiro atoms.